The molecule has 0 atom stereocenters. The number of carbonyl (C=O) groups excluding carboxylic acids is 3. The first-order chi connectivity index (χ1) is 14.1. The van der Waals surface area contributed by atoms with E-state index in [-0.39, 0.29) is 5.91 Å². The van der Waals surface area contributed by atoms with Crippen molar-refractivity contribution in [1.82, 2.24) is 14.7 Å². The molecule has 0 bridgehead atoms. The van der Waals surface area contributed by atoms with Crippen LogP contribution in [0.5, 0.6) is 0 Å². The van der Waals surface area contributed by atoms with Crippen molar-refractivity contribution in [1.29, 1.82) is 0 Å². The number of aromatic nitrogens is 2. The molecule has 1 heterocycles. The number of amides is 2. The van der Waals surface area contributed by atoms with Crippen molar-refractivity contribution in [3.8, 4) is 0 Å². The van der Waals surface area contributed by atoms with Crippen molar-refractivity contribution in [2.45, 2.75) is 26.6 Å². The highest BCUT2D eigenvalue weighted by Crippen LogP contribution is 2.27. The molecule has 2 rings (SSSR count). The Morgan fingerprint density at radius 3 is 2.47 bits per heavy atom. The molecule has 0 spiro atoms. The number of hydrogen-bond acceptors (Lipinski definition) is 5. The minimum absolute atomic E-state index is 0.181. The van der Waals surface area contributed by atoms with Crippen molar-refractivity contribution >= 4 is 23.5 Å². The summed E-state index contributed by atoms with van der Waals surface area (Å²) >= 11 is 0. The molecule has 162 valence electrons. The van der Waals surface area contributed by atoms with Gasteiger partial charge in [0.05, 0.1) is 0 Å². The van der Waals surface area contributed by atoms with E-state index in [4.69, 9.17) is 4.74 Å². The smallest absolute Gasteiger partial charge is 0.435 e. The number of alkyl halides is 3. The molecule has 30 heavy (non-hydrogen) atoms. The fourth-order valence-corrected chi connectivity index (χ4v) is 2.55. The van der Waals surface area contributed by atoms with Crippen LogP contribution in [-0.2, 0) is 27.0 Å². The number of halogens is 3. The Kier molecular flexibility index (Phi) is 7.56. The quantitative estimate of drug-likeness (QED) is 0.655. The van der Waals surface area contributed by atoms with E-state index in [9.17, 15) is 27.6 Å². The number of nitrogens with zero attached hydrogens (tertiary/aromatic N) is 3. The first-order valence-electron chi connectivity index (χ1n) is 9.09. The summed E-state index contributed by atoms with van der Waals surface area (Å²) in [6, 6.07) is 7.03. The Bertz CT molecular complexity index is 907. The first-order valence-corrected chi connectivity index (χ1v) is 9.09. The molecule has 0 radical (unpaired) electrons. The fourth-order valence-electron chi connectivity index (χ4n) is 2.55. The average molecular weight is 426 g/mol. The van der Waals surface area contributed by atoms with Gasteiger partial charge in [-0.05, 0) is 38.1 Å². The van der Waals surface area contributed by atoms with Crippen molar-refractivity contribution in [2.75, 3.05) is 25.0 Å². The zero-order valence-electron chi connectivity index (χ0n) is 16.4. The summed E-state index contributed by atoms with van der Waals surface area (Å²) in [7, 11) is 0. The van der Waals surface area contributed by atoms with Gasteiger partial charge in [-0.1, -0.05) is 6.07 Å². The van der Waals surface area contributed by atoms with Gasteiger partial charge >= 0.3 is 12.1 Å². The second-order valence-electron chi connectivity index (χ2n) is 6.16. The van der Waals surface area contributed by atoms with Gasteiger partial charge in [0.25, 0.3) is 11.8 Å². The number of esters is 1. The summed E-state index contributed by atoms with van der Waals surface area (Å²) in [4.78, 5) is 37.7. The molecular formula is C19H21F3N4O4. The Balaban J connectivity index is 1.87. The number of benzene rings is 1. The maximum absolute atomic E-state index is 12.5. The molecule has 0 saturated carbocycles. The summed E-state index contributed by atoms with van der Waals surface area (Å²) in [6.07, 6.45) is -3.63. The van der Waals surface area contributed by atoms with Crippen LogP contribution in [0.1, 0.15) is 29.9 Å². The van der Waals surface area contributed by atoms with E-state index in [1.807, 2.05) is 13.8 Å². The number of carbonyl (C=O) groups is 3. The highest BCUT2D eigenvalue weighted by Gasteiger charge is 2.33. The molecule has 0 aliphatic heterocycles. The molecule has 0 unspecified atom stereocenters. The van der Waals surface area contributed by atoms with Crippen LogP contribution >= 0.6 is 0 Å². The number of hydrogen-bond donors (Lipinski definition) is 1. The molecule has 0 saturated heterocycles. The fraction of sp³-hybridized carbons (Fsp3) is 0.368. The van der Waals surface area contributed by atoms with Crippen molar-refractivity contribution in [2.24, 2.45) is 0 Å². The Labute approximate surface area is 170 Å². The van der Waals surface area contributed by atoms with Crippen LogP contribution in [0.25, 0.3) is 0 Å². The predicted molar refractivity (Wildman–Crippen MR) is 101 cm³/mol. The van der Waals surface area contributed by atoms with Gasteiger partial charge in [0.15, 0.2) is 12.3 Å². The molecule has 11 heteroatoms. The minimum Gasteiger partial charge on any atom is -0.454 e. The summed E-state index contributed by atoms with van der Waals surface area (Å²) in [6.45, 7) is 3.59. The average Bonchev–Trinajstić information content (AvgIpc) is 3.16. The molecule has 1 aromatic heterocycles. The van der Waals surface area contributed by atoms with Gasteiger partial charge in [0.2, 0.25) is 0 Å². The summed E-state index contributed by atoms with van der Waals surface area (Å²) in [5.41, 5.74) is -0.393. The number of rotatable bonds is 8. The SMILES string of the molecule is CCN(CC)C(=O)c1cccc(NC(=O)COC(=O)Cn2ccc(C(F)(F)F)n2)c1. The van der Waals surface area contributed by atoms with Crippen LogP contribution < -0.4 is 5.32 Å². The minimum atomic E-state index is -4.61. The van der Waals surface area contributed by atoms with Crippen LogP contribution in [-0.4, -0.2) is 52.2 Å². The third-order valence-corrected chi connectivity index (χ3v) is 4.03. The van der Waals surface area contributed by atoms with E-state index < -0.39 is 36.9 Å². The molecule has 1 N–H and O–H groups in total. The van der Waals surface area contributed by atoms with Crippen molar-refractivity contribution in [3.05, 3.63) is 47.8 Å². The maximum atomic E-state index is 12.5. The van der Waals surface area contributed by atoms with Gasteiger partial charge in [0.1, 0.15) is 6.54 Å². The summed E-state index contributed by atoms with van der Waals surface area (Å²) in [5.74, 6) is -1.76. The molecule has 8 nitrogen and oxygen atoms in total. The van der Waals surface area contributed by atoms with Crippen molar-refractivity contribution in [3.63, 3.8) is 0 Å². The van der Waals surface area contributed by atoms with Gasteiger partial charge in [0, 0.05) is 30.5 Å². The normalized spacial score (nSPS) is 11.1. The molecule has 0 aliphatic rings. The van der Waals surface area contributed by atoms with Gasteiger partial charge in [-0.25, -0.2) is 0 Å². The molecule has 2 amide bonds. The Morgan fingerprint density at radius 2 is 1.87 bits per heavy atom. The monoisotopic (exact) mass is 426 g/mol. The molecule has 0 fully saturated rings. The standard InChI is InChI=1S/C19H21F3N4O4/c1-3-25(4-2)18(29)13-6-5-7-14(10-13)23-16(27)12-30-17(28)11-26-9-8-15(24-26)19(20,21)22/h5-10H,3-4,11-12H2,1-2H3,(H,23,27). The van der Waals surface area contributed by atoms with Gasteiger partial charge in [-0.15, -0.1) is 0 Å². The first kappa shape index (κ1) is 22.9. The van der Waals surface area contributed by atoms with E-state index in [1.165, 1.54) is 6.07 Å². The highest BCUT2D eigenvalue weighted by molar-refractivity contribution is 5.97. The molecular weight excluding hydrogens is 405 g/mol. The van der Waals surface area contributed by atoms with Gasteiger partial charge < -0.3 is 15.0 Å². The van der Waals surface area contributed by atoms with Crippen LogP contribution in [0.4, 0.5) is 18.9 Å². The van der Waals surface area contributed by atoms with Gasteiger partial charge in [-0.2, -0.15) is 18.3 Å². The number of anilines is 1. The summed E-state index contributed by atoms with van der Waals surface area (Å²) in [5, 5.41) is 5.72. The van der Waals surface area contributed by atoms with Crippen LogP contribution in [0.3, 0.4) is 0 Å². The van der Waals surface area contributed by atoms with Gasteiger partial charge in [-0.3, -0.25) is 19.1 Å². The predicted octanol–water partition coefficient (Wildman–Crippen LogP) is 2.57. The lowest BCUT2D eigenvalue weighted by molar-refractivity contribution is -0.148. The third-order valence-electron chi connectivity index (χ3n) is 4.03. The topological polar surface area (TPSA) is 93.5 Å². The lowest BCUT2D eigenvalue weighted by Crippen LogP contribution is -2.30. The van der Waals surface area contributed by atoms with Crippen LogP contribution in [0.15, 0.2) is 36.5 Å². The second kappa shape index (κ2) is 9.90. The van der Waals surface area contributed by atoms with E-state index in [1.54, 1.807) is 23.1 Å². The third kappa shape index (κ3) is 6.33. The van der Waals surface area contributed by atoms with E-state index in [0.29, 0.717) is 24.3 Å². The zero-order chi connectivity index (χ0) is 22.3. The molecule has 2 aromatic rings. The lowest BCUT2D eigenvalue weighted by atomic mass is 10.1. The largest absolute Gasteiger partial charge is 0.454 e. The van der Waals surface area contributed by atoms with Crippen LogP contribution in [0.2, 0.25) is 0 Å². The lowest BCUT2D eigenvalue weighted by Gasteiger charge is -2.19. The Morgan fingerprint density at radius 1 is 1.17 bits per heavy atom. The van der Waals surface area contributed by atoms with Crippen LogP contribution in [0, 0.1) is 0 Å². The number of ether oxygens (including phenoxy) is 1. The molecule has 0 aliphatic carbocycles. The maximum Gasteiger partial charge on any atom is 0.435 e. The Hall–Kier alpha value is -3.37. The van der Waals surface area contributed by atoms with E-state index >= 15 is 0 Å². The summed E-state index contributed by atoms with van der Waals surface area (Å²) < 4.78 is 43.0. The highest BCUT2D eigenvalue weighted by atomic mass is 19.4. The number of nitrogens with one attached hydrogen (secondary N) is 1. The zero-order valence-corrected chi connectivity index (χ0v) is 16.4. The van der Waals surface area contributed by atoms with E-state index in [0.717, 1.165) is 16.9 Å². The molecule has 1 aromatic carbocycles. The van der Waals surface area contributed by atoms with Crippen molar-refractivity contribution < 1.29 is 32.3 Å². The second-order valence-corrected chi connectivity index (χ2v) is 6.16. The van der Waals surface area contributed by atoms with E-state index in [2.05, 4.69) is 10.4 Å².